The maximum absolute atomic E-state index is 11.3. The van der Waals surface area contributed by atoms with Gasteiger partial charge in [-0.25, -0.2) is 4.98 Å². The van der Waals surface area contributed by atoms with Crippen LogP contribution in [-0.2, 0) is 25.6 Å². The van der Waals surface area contributed by atoms with Crippen molar-refractivity contribution in [2.75, 3.05) is 33.9 Å². The van der Waals surface area contributed by atoms with Crippen LogP contribution in [0.15, 0.2) is 12.4 Å². The number of imidazole rings is 1. The highest BCUT2D eigenvalue weighted by Gasteiger charge is 2.15. The molecule has 0 aliphatic heterocycles. The minimum Gasteiger partial charge on any atom is -0.468 e. The molecule has 0 bridgehead atoms. The smallest absolute Gasteiger partial charge is 0.319 e. The van der Waals surface area contributed by atoms with E-state index in [0.29, 0.717) is 13.1 Å². The third kappa shape index (κ3) is 5.09. The van der Waals surface area contributed by atoms with Crippen LogP contribution >= 0.6 is 0 Å². The Morgan fingerprint density at radius 1 is 1.26 bits per heavy atom. The largest absolute Gasteiger partial charge is 0.468 e. The van der Waals surface area contributed by atoms with Gasteiger partial charge in [0.05, 0.1) is 27.3 Å². The summed E-state index contributed by atoms with van der Waals surface area (Å²) in [4.78, 5) is 28.4. The lowest BCUT2D eigenvalue weighted by atomic mass is 10.4. The van der Waals surface area contributed by atoms with Crippen LogP contribution in [-0.4, -0.2) is 60.2 Å². The quantitative estimate of drug-likeness (QED) is 0.640. The Bertz CT molecular complexity index is 412. The molecule has 0 aliphatic carbocycles. The van der Waals surface area contributed by atoms with Gasteiger partial charge in [-0.3, -0.25) is 14.5 Å². The average Bonchev–Trinajstić information content (AvgIpc) is 2.81. The molecule has 7 nitrogen and oxygen atoms in total. The standard InChI is InChI=1S/C12H19N3O4/c1-10-13-4-5-15(10)7-6-14(8-11(16)18-2)9-12(17)19-3/h4-5H,6-9H2,1-3H3. The molecule has 0 saturated carbocycles. The number of nitrogens with zero attached hydrogens (tertiary/aromatic N) is 3. The molecule has 0 amide bonds. The Kier molecular flexibility index (Phi) is 6.01. The molecule has 19 heavy (non-hydrogen) atoms. The summed E-state index contributed by atoms with van der Waals surface area (Å²) in [7, 11) is 2.64. The number of carbonyl (C=O) groups is 2. The van der Waals surface area contributed by atoms with Crippen LogP contribution in [0.5, 0.6) is 0 Å². The highest BCUT2D eigenvalue weighted by atomic mass is 16.5. The van der Waals surface area contributed by atoms with E-state index in [1.54, 1.807) is 11.1 Å². The number of aryl methyl sites for hydroxylation is 1. The van der Waals surface area contributed by atoms with Crippen LogP contribution in [0.2, 0.25) is 0 Å². The van der Waals surface area contributed by atoms with Crippen molar-refractivity contribution >= 4 is 11.9 Å². The molecule has 1 aromatic heterocycles. The number of hydrogen-bond acceptors (Lipinski definition) is 6. The number of ether oxygens (including phenoxy) is 2. The summed E-state index contributed by atoms with van der Waals surface area (Å²) in [5.74, 6) is 0.119. The van der Waals surface area contributed by atoms with Crippen LogP contribution in [0, 0.1) is 6.92 Å². The van der Waals surface area contributed by atoms with Crippen LogP contribution in [0.25, 0.3) is 0 Å². The van der Waals surface area contributed by atoms with Gasteiger partial charge in [0.2, 0.25) is 0 Å². The molecule has 0 aromatic carbocycles. The average molecular weight is 269 g/mol. The van der Waals surface area contributed by atoms with E-state index in [4.69, 9.17) is 0 Å². The molecule has 1 rings (SSSR count). The Balaban J connectivity index is 2.55. The van der Waals surface area contributed by atoms with E-state index in [-0.39, 0.29) is 25.0 Å². The zero-order chi connectivity index (χ0) is 14.3. The van der Waals surface area contributed by atoms with Crippen molar-refractivity contribution in [3.05, 3.63) is 18.2 Å². The lowest BCUT2D eigenvalue weighted by Gasteiger charge is -2.20. The Morgan fingerprint density at radius 3 is 2.26 bits per heavy atom. The minimum atomic E-state index is -0.383. The summed E-state index contributed by atoms with van der Waals surface area (Å²) in [5, 5.41) is 0. The Hall–Kier alpha value is -1.89. The zero-order valence-electron chi connectivity index (χ0n) is 11.5. The highest BCUT2D eigenvalue weighted by Crippen LogP contribution is 1.98. The molecule has 0 atom stereocenters. The Morgan fingerprint density at radius 2 is 1.84 bits per heavy atom. The van der Waals surface area contributed by atoms with Crippen molar-refractivity contribution in [1.29, 1.82) is 0 Å². The first-order chi connectivity index (χ1) is 9.06. The molecule has 1 aromatic rings. The summed E-state index contributed by atoms with van der Waals surface area (Å²) in [6.45, 7) is 3.17. The highest BCUT2D eigenvalue weighted by molar-refractivity contribution is 5.74. The molecule has 0 spiro atoms. The van der Waals surface area contributed by atoms with Gasteiger partial charge in [0.15, 0.2) is 0 Å². The summed E-state index contributed by atoms with van der Waals surface area (Å²) in [5.41, 5.74) is 0. The molecule has 0 radical (unpaired) electrons. The van der Waals surface area contributed by atoms with E-state index in [2.05, 4.69) is 14.5 Å². The van der Waals surface area contributed by atoms with Crippen molar-refractivity contribution in [2.45, 2.75) is 13.5 Å². The first-order valence-corrected chi connectivity index (χ1v) is 5.90. The second-order valence-electron chi connectivity index (χ2n) is 4.03. The molecule has 0 aliphatic rings. The predicted molar refractivity (Wildman–Crippen MR) is 67.4 cm³/mol. The Labute approximate surface area is 112 Å². The summed E-state index contributed by atoms with van der Waals surface area (Å²) in [6.07, 6.45) is 3.56. The van der Waals surface area contributed by atoms with Crippen LogP contribution < -0.4 is 0 Å². The maximum Gasteiger partial charge on any atom is 0.319 e. The second-order valence-corrected chi connectivity index (χ2v) is 4.03. The zero-order valence-corrected chi connectivity index (χ0v) is 11.5. The summed E-state index contributed by atoms with van der Waals surface area (Å²) < 4.78 is 11.2. The van der Waals surface area contributed by atoms with Crippen LogP contribution in [0.4, 0.5) is 0 Å². The predicted octanol–water partition coefficient (Wildman–Crippen LogP) is -0.160. The maximum atomic E-state index is 11.3. The lowest BCUT2D eigenvalue weighted by Crippen LogP contribution is -2.37. The summed E-state index contributed by atoms with van der Waals surface area (Å²) in [6, 6.07) is 0. The molecular weight excluding hydrogens is 250 g/mol. The van der Waals surface area contributed by atoms with Gasteiger partial charge in [0.1, 0.15) is 5.82 Å². The first-order valence-electron chi connectivity index (χ1n) is 5.90. The fraction of sp³-hybridized carbons (Fsp3) is 0.583. The van der Waals surface area contributed by atoms with Crippen molar-refractivity contribution in [1.82, 2.24) is 14.5 Å². The molecule has 106 valence electrons. The van der Waals surface area contributed by atoms with Gasteiger partial charge in [0, 0.05) is 25.5 Å². The normalized spacial score (nSPS) is 10.5. The van der Waals surface area contributed by atoms with Crippen molar-refractivity contribution in [2.24, 2.45) is 0 Å². The fourth-order valence-electron chi connectivity index (χ4n) is 1.60. The van der Waals surface area contributed by atoms with Crippen molar-refractivity contribution in [3.63, 3.8) is 0 Å². The molecule has 0 N–H and O–H groups in total. The van der Waals surface area contributed by atoms with E-state index in [1.165, 1.54) is 14.2 Å². The van der Waals surface area contributed by atoms with Gasteiger partial charge in [-0.1, -0.05) is 0 Å². The van der Waals surface area contributed by atoms with Crippen LogP contribution in [0.3, 0.4) is 0 Å². The molecule has 0 unspecified atom stereocenters. The van der Waals surface area contributed by atoms with Gasteiger partial charge >= 0.3 is 11.9 Å². The van der Waals surface area contributed by atoms with E-state index in [0.717, 1.165) is 5.82 Å². The number of methoxy groups -OCH3 is 2. The first kappa shape index (κ1) is 15.2. The lowest BCUT2D eigenvalue weighted by molar-refractivity contribution is -0.145. The topological polar surface area (TPSA) is 73.7 Å². The third-order valence-electron chi connectivity index (χ3n) is 2.74. The number of carbonyl (C=O) groups excluding carboxylic acids is 2. The monoisotopic (exact) mass is 269 g/mol. The van der Waals surface area contributed by atoms with Gasteiger partial charge in [0.25, 0.3) is 0 Å². The number of esters is 2. The number of hydrogen-bond donors (Lipinski definition) is 0. The van der Waals surface area contributed by atoms with E-state index in [9.17, 15) is 9.59 Å². The van der Waals surface area contributed by atoms with Crippen LogP contribution in [0.1, 0.15) is 5.82 Å². The SMILES string of the molecule is COC(=O)CN(CCn1ccnc1C)CC(=O)OC. The second kappa shape index (κ2) is 7.52. The molecule has 7 heteroatoms. The number of rotatable bonds is 7. The van der Waals surface area contributed by atoms with Gasteiger partial charge < -0.3 is 14.0 Å². The van der Waals surface area contributed by atoms with Crippen molar-refractivity contribution < 1.29 is 19.1 Å². The van der Waals surface area contributed by atoms with Crippen molar-refractivity contribution in [3.8, 4) is 0 Å². The molecule has 1 heterocycles. The van der Waals surface area contributed by atoms with Gasteiger partial charge in [-0.2, -0.15) is 0 Å². The van der Waals surface area contributed by atoms with E-state index in [1.807, 2.05) is 17.7 Å². The molecular formula is C12H19N3O4. The number of aromatic nitrogens is 2. The molecule has 0 fully saturated rings. The van der Waals surface area contributed by atoms with Gasteiger partial charge in [-0.05, 0) is 6.92 Å². The fourth-order valence-corrected chi connectivity index (χ4v) is 1.60. The van der Waals surface area contributed by atoms with E-state index >= 15 is 0 Å². The third-order valence-corrected chi connectivity index (χ3v) is 2.74. The minimum absolute atomic E-state index is 0.0549. The van der Waals surface area contributed by atoms with Gasteiger partial charge in [-0.15, -0.1) is 0 Å². The molecule has 0 saturated heterocycles. The van der Waals surface area contributed by atoms with E-state index < -0.39 is 0 Å². The summed E-state index contributed by atoms with van der Waals surface area (Å²) >= 11 is 0.